The third-order valence-corrected chi connectivity index (χ3v) is 4.34. The number of carbonyl (C=O) groups excluding carboxylic acids is 1. The fourth-order valence-electron chi connectivity index (χ4n) is 2.72. The van der Waals surface area contributed by atoms with Gasteiger partial charge in [-0.2, -0.15) is 0 Å². The zero-order valence-corrected chi connectivity index (χ0v) is 14.7. The van der Waals surface area contributed by atoms with E-state index in [0.717, 1.165) is 27.6 Å². The summed E-state index contributed by atoms with van der Waals surface area (Å²) in [4.78, 5) is 16.8. The van der Waals surface area contributed by atoms with E-state index in [9.17, 15) is 4.79 Å². The first-order chi connectivity index (χ1) is 12.6. The van der Waals surface area contributed by atoms with E-state index in [2.05, 4.69) is 10.3 Å². The lowest BCUT2D eigenvalue weighted by Gasteiger charge is -2.04. The molecule has 0 fully saturated rings. The Morgan fingerprint density at radius 3 is 2.69 bits per heavy atom. The molecule has 2 aromatic heterocycles. The van der Waals surface area contributed by atoms with Crippen molar-refractivity contribution >= 4 is 39.5 Å². The maximum Gasteiger partial charge on any atom is 0.287 e. The summed E-state index contributed by atoms with van der Waals surface area (Å²) < 4.78 is 10.7. The van der Waals surface area contributed by atoms with Crippen LogP contribution in [-0.2, 0) is 6.54 Å². The molecule has 130 valence electrons. The third-order valence-electron chi connectivity index (χ3n) is 4.10. The SMILES string of the molecule is COc1ccc(CNC(=O)c2cc3cc4ccc(Cl)cc4nc3o2)cc1. The van der Waals surface area contributed by atoms with Gasteiger partial charge in [-0.1, -0.05) is 29.8 Å². The van der Waals surface area contributed by atoms with Crippen LogP contribution in [0.25, 0.3) is 22.0 Å². The summed E-state index contributed by atoms with van der Waals surface area (Å²) in [5.41, 5.74) is 2.10. The van der Waals surface area contributed by atoms with Gasteiger partial charge in [0.2, 0.25) is 5.71 Å². The second kappa shape index (κ2) is 6.69. The molecule has 0 aliphatic heterocycles. The van der Waals surface area contributed by atoms with Gasteiger partial charge in [0.05, 0.1) is 12.6 Å². The monoisotopic (exact) mass is 366 g/mol. The highest BCUT2D eigenvalue weighted by molar-refractivity contribution is 6.31. The summed E-state index contributed by atoms with van der Waals surface area (Å²) in [7, 11) is 1.61. The van der Waals surface area contributed by atoms with E-state index in [1.807, 2.05) is 36.4 Å². The standard InChI is InChI=1S/C20H15ClN2O3/c1-25-16-6-2-12(3-7-16)11-22-19(24)18-9-14-8-13-4-5-15(21)10-17(13)23-20(14)26-18/h2-10H,11H2,1H3,(H,22,24). The number of halogens is 1. The molecule has 26 heavy (non-hydrogen) atoms. The number of hydrogen-bond donors (Lipinski definition) is 1. The Bertz CT molecular complexity index is 1100. The number of pyridine rings is 1. The summed E-state index contributed by atoms with van der Waals surface area (Å²) >= 11 is 6.00. The molecule has 0 saturated carbocycles. The molecule has 4 aromatic rings. The van der Waals surface area contributed by atoms with Crippen LogP contribution in [0.15, 0.2) is 59.0 Å². The summed E-state index contributed by atoms with van der Waals surface area (Å²) in [5.74, 6) is 0.707. The predicted octanol–water partition coefficient (Wildman–Crippen LogP) is 4.57. The molecule has 0 aliphatic carbocycles. The summed E-state index contributed by atoms with van der Waals surface area (Å²) in [6, 6.07) is 16.6. The van der Waals surface area contributed by atoms with Crippen LogP contribution in [0, 0.1) is 0 Å². The zero-order chi connectivity index (χ0) is 18.1. The van der Waals surface area contributed by atoms with E-state index >= 15 is 0 Å². The molecule has 2 heterocycles. The number of nitrogens with zero attached hydrogens (tertiary/aromatic N) is 1. The van der Waals surface area contributed by atoms with E-state index in [4.69, 9.17) is 20.8 Å². The maximum atomic E-state index is 12.4. The van der Waals surface area contributed by atoms with Gasteiger partial charge in [-0.25, -0.2) is 4.98 Å². The molecule has 0 saturated heterocycles. The van der Waals surface area contributed by atoms with Gasteiger partial charge in [0.25, 0.3) is 5.91 Å². The number of fused-ring (bicyclic) bond motifs is 2. The highest BCUT2D eigenvalue weighted by Crippen LogP contribution is 2.25. The Labute approximate surface area is 154 Å². The van der Waals surface area contributed by atoms with E-state index in [1.54, 1.807) is 25.3 Å². The van der Waals surface area contributed by atoms with Crippen LogP contribution in [0.2, 0.25) is 5.02 Å². The Hall–Kier alpha value is -3.05. The summed E-state index contributed by atoms with van der Waals surface area (Å²) in [6.45, 7) is 0.394. The Morgan fingerprint density at radius 1 is 1.12 bits per heavy atom. The normalized spacial score (nSPS) is 11.0. The second-order valence-corrected chi connectivity index (χ2v) is 6.30. The van der Waals surface area contributed by atoms with E-state index in [-0.39, 0.29) is 11.7 Å². The minimum absolute atomic E-state index is 0.224. The van der Waals surface area contributed by atoms with Crippen LogP contribution >= 0.6 is 11.6 Å². The number of benzene rings is 2. The van der Waals surface area contributed by atoms with Crippen molar-refractivity contribution in [3.8, 4) is 5.75 Å². The number of nitrogens with one attached hydrogen (secondary N) is 1. The molecule has 0 atom stereocenters. The van der Waals surface area contributed by atoms with Gasteiger partial charge in [-0.3, -0.25) is 4.79 Å². The summed E-state index contributed by atoms with van der Waals surface area (Å²) in [6.07, 6.45) is 0. The minimum atomic E-state index is -0.291. The van der Waals surface area contributed by atoms with Crippen molar-refractivity contribution in [1.29, 1.82) is 0 Å². The average Bonchev–Trinajstić information content (AvgIpc) is 3.07. The van der Waals surface area contributed by atoms with Gasteiger partial charge < -0.3 is 14.5 Å². The van der Waals surface area contributed by atoms with Crippen molar-refractivity contribution in [3.63, 3.8) is 0 Å². The van der Waals surface area contributed by atoms with Gasteiger partial charge in [0.1, 0.15) is 5.75 Å². The number of amides is 1. The van der Waals surface area contributed by atoms with Crippen LogP contribution in [0.3, 0.4) is 0 Å². The third kappa shape index (κ3) is 3.21. The topological polar surface area (TPSA) is 64.4 Å². The average molecular weight is 367 g/mol. The van der Waals surface area contributed by atoms with E-state index in [0.29, 0.717) is 17.3 Å². The molecule has 2 aromatic carbocycles. The van der Waals surface area contributed by atoms with Gasteiger partial charge in [0, 0.05) is 22.3 Å². The van der Waals surface area contributed by atoms with Crippen LogP contribution in [-0.4, -0.2) is 18.0 Å². The van der Waals surface area contributed by atoms with Crippen LogP contribution in [0.5, 0.6) is 5.75 Å². The largest absolute Gasteiger partial charge is 0.497 e. The fraction of sp³-hybridized carbons (Fsp3) is 0.100. The molecule has 6 heteroatoms. The van der Waals surface area contributed by atoms with Gasteiger partial charge in [0.15, 0.2) is 5.76 Å². The van der Waals surface area contributed by atoms with Crippen molar-refractivity contribution in [2.45, 2.75) is 6.54 Å². The molecular weight excluding hydrogens is 352 g/mol. The number of ether oxygens (including phenoxy) is 1. The van der Waals surface area contributed by atoms with Crippen molar-refractivity contribution in [1.82, 2.24) is 10.3 Å². The molecule has 0 radical (unpaired) electrons. The molecule has 1 N–H and O–H groups in total. The van der Waals surface area contributed by atoms with Crippen molar-refractivity contribution in [3.05, 3.63) is 70.9 Å². The molecule has 0 aliphatic rings. The number of hydrogen-bond acceptors (Lipinski definition) is 4. The highest BCUT2D eigenvalue weighted by atomic mass is 35.5. The number of furan rings is 1. The zero-order valence-electron chi connectivity index (χ0n) is 14.0. The van der Waals surface area contributed by atoms with E-state index < -0.39 is 0 Å². The van der Waals surface area contributed by atoms with Crippen molar-refractivity contribution < 1.29 is 13.9 Å². The van der Waals surface area contributed by atoms with Crippen LogP contribution in [0.1, 0.15) is 16.1 Å². The molecule has 5 nitrogen and oxygen atoms in total. The first kappa shape index (κ1) is 16.4. The number of carbonyl (C=O) groups is 1. The maximum absolute atomic E-state index is 12.4. The van der Waals surface area contributed by atoms with Crippen LogP contribution < -0.4 is 10.1 Å². The first-order valence-electron chi connectivity index (χ1n) is 8.03. The van der Waals surface area contributed by atoms with Crippen molar-refractivity contribution in [2.24, 2.45) is 0 Å². The Balaban J connectivity index is 1.55. The van der Waals surface area contributed by atoms with Crippen LogP contribution in [0.4, 0.5) is 0 Å². The van der Waals surface area contributed by atoms with Gasteiger partial charge in [-0.15, -0.1) is 0 Å². The predicted molar refractivity (Wildman–Crippen MR) is 101 cm³/mol. The summed E-state index contributed by atoms with van der Waals surface area (Å²) in [5, 5.41) is 5.16. The Morgan fingerprint density at radius 2 is 1.92 bits per heavy atom. The van der Waals surface area contributed by atoms with Gasteiger partial charge >= 0.3 is 0 Å². The smallest absolute Gasteiger partial charge is 0.287 e. The lowest BCUT2D eigenvalue weighted by atomic mass is 10.2. The van der Waals surface area contributed by atoms with E-state index in [1.165, 1.54) is 0 Å². The minimum Gasteiger partial charge on any atom is -0.497 e. The quantitative estimate of drug-likeness (QED) is 0.574. The number of methoxy groups -OCH3 is 1. The molecule has 1 amide bonds. The Kier molecular flexibility index (Phi) is 4.22. The molecule has 0 bridgehead atoms. The lowest BCUT2D eigenvalue weighted by Crippen LogP contribution is -2.22. The molecule has 4 rings (SSSR count). The molecule has 0 unspecified atom stereocenters. The highest BCUT2D eigenvalue weighted by Gasteiger charge is 2.14. The number of rotatable bonds is 4. The van der Waals surface area contributed by atoms with Crippen molar-refractivity contribution in [2.75, 3.05) is 7.11 Å². The molecular formula is C20H15ClN2O3. The first-order valence-corrected chi connectivity index (χ1v) is 8.41. The number of aromatic nitrogens is 1. The second-order valence-electron chi connectivity index (χ2n) is 5.86. The van der Waals surface area contributed by atoms with Gasteiger partial charge in [-0.05, 0) is 42.0 Å². The fourth-order valence-corrected chi connectivity index (χ4v) is 2.89. The molecule has 0 spiro atoms. The lowest BCUT2D eigenvalue weighted by molar-refractivity contribution is 0.0925.